The topological polar surface area (TPSA) is 115 Å². The standard InChI is InChI=1S/C11H16N4O2/c1-7-4-8(2-3-9(7)12)15(5-10(13)16)6-11(14)17/h2-4H,5-6,12H2,1H3,(H2,13,16)(H2,14,17). The van der Waals surface area contributed by atoms with E-state index in [0.29, 0.717) is 11.4 Å². The number of rotatable bonds is 5. The molecule has 0 saturated carbocycles. The van der Waals surface area contributed by atoms with E-state index < -0.39 is 11.8 Å². The molecular weight excluding hydrogens is 220 g/mol. The predicted octanol–water partition coefficient (Wildman–Crippen LogP) is -0.646. The maximum absolute atomic E-state index is 10.9. The largest absolute Gasteiger partial charge is 0.399 e. The predicted molar refractivity (Wildman–Crippen MR) is 66.2 cm³/mol. The molecule has 0 atom stereocenters. The van der Waals surface area contributed by atoms with E-state index in [2.05, 4.69) is 0 Å². The van der Waals surface area contributed by atoms with Crippen molar-refractivity contribution >= 4 is 23.2 Å². The molecule has 17 heavy (non-hydrogen) atoms. The Hall–Kier alpha value is -2.24. The van der Waals surface area contributed by atoms with Crippen molar-refractivity contribution in [2.24, 2.45) is 11.5 Å². The van der Waals surface area contributed by atoms with Gasteiger partial charge in [-0.05, 0) is 30.7 Å². The molecule has 2 amide bonds. The average Bonchev–Trinajstić information content (AvgIpc) is 2.19. The highest BCUT2D eigenvalue weighted by molar-refractivity contribution is 5.85. The minimum Gasteiger partial charge on any atom is -0.399 e. The number of anilines is 2. The fraction of sp³-hybridized carbons (Fsp3) is 0.273. The van der Waals surface area contributed by atoms with Crippen molar-refractivity contribution in [2.45, 2.75) is 6.92 Å². The third-order valence-corrected chi connectivity index (χ3v) is 2.31. The van der Waals surface area contributed by atoms with Crippen molar-refractivity contribution in [1.82, 2.24) is 0 Å². The zero-order valence-electron chi connectivity index (χ0n) is 9.64. The lowest BCUT2D eigenvalue weighted by Crippen LogP contribution is -2.39. The molecule has 0 bridgehead atoms. The summed E-state index contributed by atoms with van der Waals surface area (Å²) in [5.41, 5.74) is 18.1. The van der Waals surface area contributed by atoms with Crippen molar-refractivity contribution in [1.29, 1.82) is 0 Å². The lowest BCUT2D eigenvalue weighted by Gasteiger charge is -2.22. The van der Waals surface area contributed by atoms with Crippen molar-refractivity contribution < 1.29 is 9.59 Å². The van der Waals surface area contributed by atoms with E-state index in [1.807, 2.05) is 6.92 Å². The molecular formula is C11H16N4O2. The number of nitrogens with two attached hydrogens (primary N) is 3. The summed E-state index contributed by atoms with van der Waals surface area (Å²) in [4.78, 5) is 23.4. The van der Waals surface area contributed by atoms with Crippen LogP contribution in [0, 0.1) is 6.92 Å². The van der Waals surface area contributed by atoms with E-state index in [9.17, 15) is 9.59 Å². The number of nitrogens with zero attached hydrogens (tertiary/aromatic N) is 1. The molecule has 0 aliphatic rings. The van der Waals surface area contributed by atoms with Crippen molar-refractivity contribution in [2.75, 3.05) is 23.7 Å². The summed E-state index contributed by atoms with van der Waals surface area (Å²) in [6.07, 6.45) is 0. The highest BCUT2D eigenvalue weighted by Crippen LogP contribution is 2.20. The molecule has 0 aliphatic carbocycles. The molecule has 1 aromatic rings. The number of primary amides is 2. The molecule has 1 aromatic carbocycles. The van der Waals surface area contributed by atoms with Crippen LogP contribution in [0.15, 0.2) is 18.2 Å². The number of amides is 2. The zero-order valence-corrected chi connectivity index (χ0v) is 9.64. The first-order valence-electron chi connectivity index (χ1n) is 5.08. The molecule has 1 rings (SSSR count). The Bertz CT molecular complexity index is 429. The molecule has 0 aromatic heterocycles. The highest BCUT2D eigenvalue weighted by Gasteiger charge is 2.12. The summed E-state index contributed by atoms with van der Waals surface area (Å²) >= 11 is 0. The Morgan fingerprint density at radius 1 is 1.18 bits per heavy atom. The van der Waals surface area contributed by atoms with Crippen LogP contribution in [0.3, 0.4) is 0 Å². The van der Waals surface area contributed by atoms with E-state index in [-0.39, 0.29) is 13.1 Å². The lowest BCUT2D eigenvalue weighted by molar-refractivity contribution is -0.117. The minimum atomic E-state index is -0.527. The molecule has 92 valence electrons. The molecule has 0 fully saturated rings. The van der Waals surface area contributed by atoms with Crippen molar-refractivity contribution in [3.63, 3.8) is 0 Å². The summed E-state index contributed by atoms with van der Waals surface area (Å²) in [5, 5.41) is 0. The van der Waals surface area contributed by atoms with Crippen LogP contribution >= 0.6 is 0 Å². The Morgan fingerprint density at radius 2 is 1.71 bits per heavy atom. The molecule has 0 saturated heterocycles. The van der Waals surface area contributed by atoms with E-state index >= 15 is 0 Å². The molecule has 0 heterocycles. The lowest BCUT2D eigenvalue weighted by atomic mass is 10.1. The van der Waals surface area contributed by atoms with Crippen molar-refractivity contribution in [3.05, 3.63) is 23.8 Å². The molecule has 0 spiro atoms. The number of hydrogen-bond acceptors (Lipinski definition) is 4. The number of nitrogen functional groups attached to an aromatic ring is 1. The summed E-state index contributed by atoms with van der Waals surface area (Å²) in [6, 6.07) is 5.20. The monoisotopic (exact) mass is 236 g/mol. The van der Waals surface area contributed by atoms with Gasteiger partial charge in [-0.3, -0.25) is 9.59 Å². The fourth-order valence-electron chi connectivity index (χ4n) is 1.47. The first-order chi connectivity index (χ1) is 7.90. The van der Waals surface area contributed by atoms with Crippen LogP contribution in [0.1, 0.15) is 5.56 Å². The molecule has 6 heteroatoms. The van der Waals surface area contributed by atoms with Crippen LogP contribution in [0.25, 0.3) is 0 Å². The van der Waals surface area contributed by atoms with Gasteiger partial charge in [0.2, 0.25) is 11.8 Å². The first kappa shape index (κ1) is 12.8. The zero-order chi connectivity index (χ0) is 13.0. The Balaban J connectivity index is 2.98. The second kappa shape index (κ2) is 5.20. The van der Waals surface area contributed by atoms with Crippen LogP contribution in [-0.2, 0) is 9.59 Å². The van der Waals surface area contributed by atoms with Crippen LogP contribution in [-0.4, -0.2) is 24.9 Å². The van der Waals surface area contributed by atoms with Gasteiger partial charge >= 0.3 is 0 Å². The second-order valence-corrected chi connectivity index (χ2v) is 3.83. The molecule has 6 nitrogen and oxygen atoms in total. The third-order valence-electron chi connectivity index (χ3n) is 2.31. The number of carbonyl (C=O) groups excluding carboxylic acids is 2. The number of hydrogen-bond donors (Lipinski definition) is 3. The van der Waals surface area contributed by atoms with Gasteiger partial charge in [-0.25, -0.2) is 0 Å². The Labute approximate surface area is 99.4 Å². The fourth-order valence-corrected chi connectivity index (χ4v) is 1.47. The summed E-state index contributed by atoms with van der Waals surface area (Å²) in [5.74, 6) is -1.05. The summed E-state index contributed by atoms with van der Waals surface area (Å²) in [7, 11) is 0. The van der Waals surface area contributed by atoms with Gasteiger partial charge in [0.25, 0.3) is 0 Å². The van der Waals surface area contributed by atoms with Crippen LogP contribution in [0.2, 0.25) is 0 Å². The third kappa shape index (κ3) is 3.67. The number of aryl methyl sites for hydroxylation is 1. The maximum atomic E-state index is 10.9. The van der Waals surface area contributed by atoms with E-state index in [1.165, 1.54) is 4.90 Å². The van der Waals surface area contributed by atoms with Crippen LogP contribution in [0.4, 0.5) is 11.4 Å². The van der Waals surface area contributed by atoms with Gasteiger partial charge in [0.15, 0.2) is 0 Å². The quantitative estimate of drug-likeness (QED) is 0.589. The van der Waals surface area contributed by atoms with Gasteiger partial charge in [-0.15, -0.1) is 0 Å². The van der Waals surface area contributed by atoms with Crippen LogP contribution in [0.5, 0.6) is 0 Å². The van der Waals surface area contributed by atoms with Gasteiger partial charge in [-0.2, -0.15) is 0 Å². The van der Waals surface area contributed by atoms with Gasteiger partial charge in [0, 0.05) is 11.4 Å². The van der Waals surface area contributed by atoms with Gasteiger partial charge in [-0.1, -0.05) is 0 Å². The maximum Gasteiger partial charge on any atom is 0.236 e. The van der Waals surface area contributed by atoms with E-state index in [0.717, 1.165) is 5.56 Å². The Kier molecular flexibility index (Phi) is 3.92. The number of benzene rings is 1. The van der Waals surface area contributed by atoms with Crippen molar-refractivity contribution in [3.8, 4) is 0 Å². The summed E-state index contributed by atoms with van der Waals surface area (Å²) in [6.45, 7) is 1.71. The average molecular weight is 236 g/mol. The molecule has 6 N–H and O–H groups in total. The molecule has 0 aliphatic heterocycles. The number of carbonyl (C=O) groups is 2. The minimum absolute atomic E-state index is 0.0632. The molecule has 0 unspecified atom stereocenters. The van der Waals surface area contributed by atoms with Crippen LogP contribution < -0.4 is 22.1 Å². The SMILES string of the molecule is Cc1cc(N(CC(N)=O)CC(N)=O)ccc1N. The first-order valence-corrected chi connectivity index (χ1v) is 5.08. The van der Waals surface area contributed by atoms with Gasteiger partial charge in [0.1, 0.15) is 0 Å². The molecule has 0 radical (unpaired) electrons. The second-order valence-electron chi connectivity index (χ2n) is 3.83. The summed E-state index contributed by atoms with van der Waals surface area (Å²) < 4.78 is 0. The van der Waals surface area contributed by atoms with Gasteiger partial charge in [0.05, 0.1) is 13.1 Å². The van der Waals surface area contributed by atoms with Gasteiger partial charge < -0.3 is 22.1 Å². The van der Waals surface area contributed by atoms with E-state index in [1.54, 1.807) is 18.2 Å². The normalized spacial score (nSPS) is 9.94. The van der Waals surface area contributed by atoms with E-state index in [4.69, 9.17) is 17.2 Å². The Morgan fingerprint density at radius 3 is 2.12 bits per heavy atom. The highest BCUT2D eigenvalue weighted by atomic mass is 16.2. The smallest absolute Gasteiger partial charge is 0.236 e.